The van der Waals surface area contributed by atoms with Crippen LogP contribution in [-0.2, 0) is 11.3 Å². The summed E-state index contributed by atoms with van der Waals surface area (Å²) < 4.78 is 0. The second kappa shape index (κ2) is 7.98. The summed E-state index contributed by atoms with van der Waals surface area (Å²) in [5, 5.41) is 3.97. The number of likely N-dealkylation sites (tertiary alicyclic amines) is 1. The van der Waals surface area contributed by atoms with Crippen LogP contribution in [0.15, 0.2) is 24.3 Å². The van der Waals surface area contributed by atoms with E-state index in [0.717, 1.165) is 37.5 Å². The van der Waals surface area contributed by atoms with E-state index in [4.69, 9.17) is 11.6 Å². The van der Waals surface area contributed by atoms with Gasteiger partial charge in [0.2, 0.25) is 5.91 Å². The molecule has 1 heterocycles. The van der Waals surface area contributed by atoms with Crippen LogP contribution in [0.4, 0.5) is 0 Å². The molecule has 0 unspecified atom stereocenters. The number of rotatable bonds is 5. The van der Waals surface area contributed by atoms with Gasteiger partial charge in [-0.3, -0.25) is 9.69 Å². The molecule has 1 aromatic carbocycles. The first-order valence-electron chi connectivity index (χ1n) is 8.23. The Bertz CT molecular complexity index is 496. The molecule has 3 nitrogen and oxygen atoms in total. The molecule has 22 heavy (non-hydrogen) atoms. The number of carbonyl (C=O) groups is 1. The van der Waals surface area contributed by atoms with Gasteiger partial charge in [-0.25, -0.2) is 0 Å². The van der Waals surface area contributed by atoms with Crippen molar-refractivity contribution < 1.29 is 4.79 Å². The topological polar surface area (TPSA) is 32.3 Å². The SMILES string of the molecule is CC(C)[C@@H](C)NC(=O)C1CCN(Cc2ccccc2Cl)CC1. The van der Waals surface area contributed by atoms with Gasteiger partial charge in [0.1, 0.15) is 0 Å². The molecule has 1 amide bonds. The van der Waals surface area contributed by atoms with Crippen molar-refractivity contribution in [3.05, 3.63) is 34.9 Å². The van der Waals surface area contributed by atoms with Gasteiger partial charge in [0.25, 0.3) is 0 Å². The Hall–Kier alpha value is -1.06. The first kappa shape index (κ1) is 17.3. The van der Waals surface area contributed by atoms with Crippen LogP contribution in [0.5, 0.6) is 0 Å². The minimum atomic E-state index is 0.156. The van der Waals surface area contributed by atoms with Gasteiger partial charge in [-0.1, -0.05) is 43.6 Å². The van der Waals surface area contributed by atoms with Crippen molar-refractivity contribution in [2.75, 3.05) is 13.1 Å². The molecule has 0 saturated carbocycles. The van der Waals surface area contributed by atoms with Gasteiger partial charge in [-0.05, 0) is 50.4 Å². The summed E-state index contributed by atoms with van der Waals surface area (Å²) in [6.07, 6.45) is 1.86. The lowest BCUT2D eigenvalue weighted by molar-refractivity contribution is -0.127. The Morgan fingerprint density at radius 2 is 1.91 bits per heavy atom. The van der Waals surface area contributed by atoms with Gasteiger partial charge in [-0.15, -0.1) is 0 Å². The van der Waals surface area contributed by atoms with Gasteiger partial charge in [0.15, 0.2) is 0 Å². The molecule has 0 radical (unpaired) electrons. The summed E-state index contributed by atoms with van der Waals surface area (Å²) in [4.78, 5) is 14.7. The number of hydrogen-bond acceptors (Lipinski definition) is 2. The van der Waals surface area contributed by atoms with Crippen LogP contribution in [0.1, 0.15) is 39.2 Å². The monoisotopic (exact) mass is 322 g/mol. The summed E-state index contributed by atoms with van der Waals surface area (Å²) in [7, 11) is 0. The molecular weight excluding hydrogens is 296 g/mol. The van der Waals surface area contributed by atoms with E-state index < -0.39 is 0 Å². The average Bonchev–Trinajstić information content (AvgIpc) is 2.50. The van der Waals surface area contributed by atoms with E-state index in [1.807, 2.05) is 18.2 Å². The fourth-order valence-electron chi connectivity index (χ4n) is 2.73. The maximum atomic E-state index is 12.3. The predicted molar refractivity (Wildman–Crippen MR) is 91.9 cm³/mol. The molecule has 4 heteroatoms. The van der Waals surface area contributed by atoms with Crippen LogP contribution >= 0.6 is 11.6 Å². The highest BCUT2D eigenvalue weighted by Gasteiger charge is 2.26. The molecule has 0 bridgehead atoms. The summed E-state index contributed by atoms with van der Waals surface area (Å²) in [6, 6.07) is 8.23. The Kier molecular flexibility index (Phi) is 6.27. The van der Waals surface area contributed by atoms with E-state index in [9.17, 15) is 4.79 Å². The van der Waals surface area contributed by atoms with Crippen molar-refractivity contribution in [3.63, 3.8) is 0 Å². The van der Waals surface area contributed by atoms with E-state index in [1.165, 1.54) is 5.56 Å². The van der Waals surface area contributed by atoms with Crippen LogP contribution in [0, 0.1) is 11.8 Å². The van der Waals surface area contributed by atoms with Gasteiger partial charge in [0, 0.05) is 23.5 Å². The summed E-state index contributed by atoms with van der Waals surface area (Å²) in [5.74, 6) is 0.853. The standard InChI is InChI=1S/C18H27ClN2O/c1-13(2)14(3)20-18(22)15-8-10-21(11-9-15)12-16-6-4-5-7-17(16)19/h4-7,13-15H,8-12H2,1-3H3,(H,20,22)/t14-/m1/s1. The van der Waals surface area contributed by atoms with E-state index in [2.05, 4.69) is 37.1 Å². The zero-order valence-electron chi connectivity index (χ0n) is 13.8. The van der Waals surface area contributed by atoms with E-state index in [-0.39, 0.29) is 17.9 Å². The molecule has 1 fully saturated rings. The van der Waals surface area contributed by atoms with E-state index in [1.54, 1.807) is 0 Å². The Morgan fingerprint density at radius 3 is 2.50 bits per heavy atom. The number of nitrogens with zero attached hydrogens (tertiary/aromatic N) is 1. The lowest BCUT2D eigenvalue weighted by Crippen LogP contribution is -2.44. The quantitative estimate of drug-likeness (QED) is 0.896. The number of hydrogen-bond donors (Lipinski definition) is 1. The highest BCUT2D eigenvalue weighted by atomic mass is 35.5. The van der Waals surface area contributed by atoms with Crippen LogP contribution in [0.3, 0.4) is 0 Å². The van der Waals surface area contributed by atoms with Crippen LogP contribution in [0.2, 0.25) is 5.02 Å². The van der Waals surface area contributed by atoms with Crippen molar-refractivity contribution >= 4 is 17.5 Å². The van der Waals surface area contributed by atoms with Crippen molar-refractivity contribution in [1.82, 2.24) is 10.2 Å². The number of benzene rings is 1. The molecule has 1 N–H and O–H groups in total. The first-order chi connectivity index (χ1) is 10.5. The van der Waals surface area contributed by atoms with E-state index in [0.29, 0.717) is 5.92 Å². The van der Waals surface area contributed by atoms with Gasteiger partial charge in [-0.2, -0.15) is 0 Å². The summed E-state index contributed by atoms with van der Waals surface area (Å²) >= 11 is 6.22. The molecule has 1 saturated heterocycles. The lowest BCUT2D eigenvalue weighted by Gasteiger charge is -2.32. The highest BCUT2D eigenvalue weighted by Crippen LogP contribution is 2.22. The fourth-order valence-corrected chi connectivity index (χ4v) is 2.93. The molecule has 122 valence electrons. The van der Waals surface area contributed by atoms with Gasteiger partial charge >= 0.3 is 0 Å². The van der Waals surface area contributed by atoms with Crippen molar-refractivity contribution in [2.45, 2.75) is 46.2 Å². The third-order valence-electron chi connectivity index (χ3n) is 4.68. The van der Waals surface area contributed by atoms with Crippen molar-refractivity contribution in [1.29, 1.82) is 0 Å². The Labute approximate surface area is 139 Å². The normalized spacial score (nSPS) is 18.4. The third kappa shape index (κ3) is 4.72. The number of piperidine rings is 1. The molecule has 1 aliphatic rings. The number of carbonyl (C=O) groups excluding carboxylic acids is 1. The molecule has 1 aliphatic heterocycles. The maximum absolute atomic E-state index is 12.3. The number of nitrogens with one attached hydrogen (secondary N) is 1. The second-order valence-electron chi connectivity index (χ2n) is 6.68. The van der Waals surface area contributed by atoms with Crippen molar-refractivity contribution in [2.24, 2.45) is 11.8 Å². The summed E-state index contributed by atoms with van der Waals surface area (Å²) in [5.41, 5.74) is 1.17. The predicted octanol–water partition coefficient (Wildman–Crippen LogP) is 3.71. The molecule has 0 aliphatic carbocycles. The third-order valence-corrected chi connectivity index (χ3v) is 5.05. The minimum absolute atomic E-state index is 0.156. The Balaban J connectivity index is 1.80. The van der Waals surface area contributed by atoms with Crippen molar-refractivity contribution in [3.8, 4) is 0 Å². The van der Waals surface area contributed by atoms with E-state index >= 15 is 0 Å². The first-order valence-corrected chi connectivity index (χ1v) is 8.61. The number of amides is 1. The molecule has 0 spiro atoms. The fraction of sp³-hybridized carbons (Fsp3) is 0.611. The smallest absolute Gasteiger partial charge is 0.223 e. The van der Waals surface area contributed by atoms with Gasteiger partial charge in [0.05, 0.1) is 0 Å². The van der Waals surface area contributed by atoms with Crippen LogP contribution in [-0.4, -0.2) is 29.9 Å². The average molecular weight is 323 g/mol. The van der Waals surface area contributed by atoms with Gasteiger partial charge < -0.3 is 5.32 Å². The molecule has 1 atom stereocenters. The molecule has 1 aromatic rings. The van der Waals surface area contributed by atoms with Crippen LogP contribution < -0.4 is 5.32 Å². The molecular formula is C18H27ClN2O. The summed E-state index contributed by atoms with van der Waals surface area (Å²) in [6.45, 7) is 9.14. The zero-order chi connectivity index (χ0) is 16.1. The minimum Gasteiger partial charge on any atom is -0.353 e. The van der Waals surface area contributed by atoms with Crippen LogP contribution in [0.25, 0.3) is 0 Å². The second-order valence-corrected chi connectivity index (χ2v) is 7.09. The Morgan fingerprint density at radius 1 is 1.27 bits per heavy atom. The zero-order valence-corrected chi connectivity index (χ0v) is 14.6. The largest absolute Gasteiger partial charge is 0.353 e. The lowest BCUT2D eigenvalue weighted by atomic mass is 9.94. The number of halogens is 1. The molecule has 2 rings (SSSR count). The molecule has 0 aromatic heterocycles. The highest BCUT2D eigenvalue weighted by molar-refractivity contribution is 6.31. The maximum Gasteiger partial charge on any atom is 0.223 e.